The normalized spacial score (nSPS) is 18.0. The molecule has 0 spiro atoms. The van der Waals surface area contributed by atoms with E-state index < -0.39 is 0 Å². The van der Waals surface area contributed by atoms with Crippen molar-refractivity contribution in [3.05, 3.63) is 87.8 Å². The van der Waals surface area contributed by atoms with E-state index >= 15 is 0 Å². The third-order valence-corrected chi connectivity index (χ3v) is 8.22. The van der Waals surface area contributed by atoms with Gasteiger partial charge < -0.3 is 16.0 Å². The molecule has 2 aliphatic heterocycles. The Morgan fingerprint density at radius 2 is 1.89 bits per heavy atom. The van der Waals surface area contributed by atoms with Crippen LogP contribution in [0.3, 0.4) is 0 Å². The summed E-state index contributed by atoms with van der Waals surface area (Å²) in [5, 5.41) is 14.2. The Labute approximate surface area is 218 Å². The van der Waals surface area contributed by atoms with Gasteiger partial charge in [0.25, 0.3) is 5.91 Å². The number of amidine groups is 1. The number of nitriles is 1. The van der Waals surface area contributed by atoms with Crippen LogP contribution in [0.5, 0.6) is 0 Å². The SMILES string of the molecule is CCNc1ccc(C#N)cc1N=C1S/C(=C2\Sc3cc(N)ccc3N2C)C(=O)N1Cc1ccccc1. The van der Waals surface area contributed by atoms with Gasteiger partial charge in [0.2, 0.25) is 0 Å². The van der Waals surface area contributed by atoms with E-state index in [-0.39, 0.29) is 5.91 Å². The second kappa shape index (κ2) is 10.0. The number of nitrogens with zero attached hydrogens (tertiary/aromatic N) is 4. The first-order valence-electron chi connectivity index (χ1n) is 11.4. The molecule has 2 heterocycles. The summed E-state index contributed by atoms with van der Waals surface area (Å²) in [5.74, 6) is -0.0980. The summed E-state index contributed by atoms with van der Waals surface area (Å²) >= 11 is 2.90. The molecule has 2 aliphatic rings. The fraction of sp³-hybridized carbons (Fsp3) is 0.148. The van der Waals surface area contributed by atoms with Gasteiger partial charge in [0.15, 0.2) is 5.17 Å². The minimum Gasteiger partial charge on any atom is -0.399 e. The van der Waals surface area contributed by atoms with Gasteiger partial charge in [-0.1, -0.05) is 42.1 Å². The van der Waals surface area contributed by atoms with E-state index in [0.717, 1.165) is 26.9 Å². The lowest BCUT2D eigenvalue weighted by Gasteiger charge is -2.17. The van der Waals surface area contributed by atoms with Gasteiger partial charge in [-0.05, 0) is 60.6 Å². The van der Waals surface area contributed by atoms with Crippen molar-refractivity contribution in [1.82, 2.24) is 4.90 Å². The molecule has 1 amide bonds. The Morgan fingerprint density at radius 3 is 2.64 bits per heavy atom. The van der Waals surface area contributed by atoms with Crippen molar-refractivity contribution in [2.75, 3.05) is 29.5 Å². The van der Waals surface area contributed by atoms with E-state index in [1.807, 2.05) is 73.5 Å². The average molecular weight is 513 g/mol. The smallest absolute Gasteiger partial charge is 0.269 e. The molecule has 0 atom stereocenters. The quantitative estimate of drug-likeness (QED) is 0.332. The van der Waals surface area contributed by atoms with Crippen LogP contribution < -0.4 is 16.0 Å². The van der Waals surface area contributed by atoms with E-state index in [9.17, 15) is 10.1 Å². The lowest BCUT2D eigenvalue weighted by atomic mass is 10.2. The average Bonchev–Trinajstić information content (AvgIpc) is 3.36. The number of anilines is 3. The van der Waals surface area contributed by atoms with Crippen molar-refractivity contribution in [1.29, 1.82) is 5.26 Å². The fourth-order valence-electron chi connectivity index (χ4n) is 4.03. The van der Waals surface area contributed by atoms with Gasteiger partial charge in [0.05, 0.1) is 40.3 Å². The molecule has 0 radical (unpaired) electrons. The Kier molecular flexibility index (Phi) is 6.63. The van der Waals surface area contributed by atoms with E-state index in [2.05, 4.69) is 11.4 Å². The molecule has 0 unspecified atom stereocenters. The molecular weight excluding hydrogens is 488 g/mol. The van der Waals surface area contributed by atoms with E-state index in [4.69, 9.17) is 10.7 Å². The lowest BCUT2D eigenvalue weighted by Crippen LogP contribution is -2.29. The fourth-order valence-corrected chi connectivity index (χ4v) is 6.41. The summed E-state index contributed by atoms with van der Waals surface area (Å²) in [4.78, 5) is 24.1. The molecule has 3 aromatic carbocycles. The summed E-state index contributed by atoms with van der Waals surface area (Å²) in [6, 6.07) is 23.2. The van der Waals surface area contributed by atoms with Crippen LogP contribution in [0.1, 0.15) is 18.1 Å². The number of hydrogen-bond acceptors (Lipinski definition) is 8. The predicted octanol–water partition coefficient (Wildman–Crippen LogP) is 5.75. The number of amides is 1. The van der Waals surface area contributed by atoms with Gasteiger partial charge in [-0.2, -0.15) is 5.26 Å². The number of benzene rings is 3. The van der Waals surface area contributed by atoms with Crippen molar-refractivity contribution in [3.8, 4) is 6.07 Å². The number of thioether (sulfide) groups is 2. The van der Waals surface area contributed by atoms with Crippen LogP contribution in [-0.4, -0.2) is 29.6 Å². The molecule has 7 nitrogen and oxygen atoms in total. The second-order valence-corrected chi connectivity index (χ2v) is 10.3. The molecule has 9 heteroatoms. The van der Waals surface area contributed by atoms with E-state index in [0.29, 0.717) is 40.1 Å². The number of fused-ring (bicyclic) bond motifs is 1. The number of carbonyl (C=O) groups is 1. The molecule has 0 aromatic heterocycles. The predicted molar refractivity (Wildman–Crippen MR) is 149 cm³/mol. The maximum Gasteiger partial charge on any atom is 0.269 e. The molecule has 3 aromatic rings. The highest BCUT2D eigenvalue weighted by Crippen LogP contribution is 2.51. The maximum atomic E-state index is 13.8. The Morgan fingerprint density at radius 1 is 1.08 bits per heavy atom. The molecule has 0 bridgehead atoms. The third-order valence-electron chi connectivity index (χ3n) is 5.81. The van der Waals surface area contributed by atoms with Crippen LogP contribution in [-0.2, 0) is 11.3 Å². The molecule has 1 fully saturated rings. The van der Waals surface area contributed by atoms with Gasteiger partial charge in [0.1, 0.15) is 4.91 Å². The van der Waals surface area contributed by atoms with Crippen LogP contribution in [0, 0.1) is 11.3 Å². The maximum absolute atomic E-state index is 13.8. The lowest BCUT2D eigenvalue weighted by molar-refractivity contribution is -0.122. The summed E-state index contributed by atoms with van der Waals surface area (Å²) in [6.45, 7) is 3.11. The number of rotatable bonds is 5. The third kappa shape index (κ3) is 4.53. The minimum absolute atomic E-state index is 0.0980. The zero-order valence-corrected chi connectivity index (χ0v) is 21.5. The highest BCUT2D eigenvalue weighted by Gasteiger charge is 2.39. The first kappa shape index (κ1) is 23.9. The molecule has 1 saturated heterocycles. The summed E-state index contributed by atoms with van der Waals surface area (Å²) in [5.41, 5.74) is 10.7. The monoisotopic (exact) mass is 512 g/mol. The van der Waals surface area contributed by atoms with E-state index in [1.54, 1.807) is 28.8 Å². The van der Waals surface area contributed by atoms with Gasteiger partial charge in [-0.15, -0.1) is 0 Å². The van der Waals surface area contributed by atoms with Crippen LogP contribution in [0.25, 0.3) is 0 Å². The molecule has 180 valence electrons. The zero-order chi connectivity index (χ0) is 25.2. The zero-order valence-electron chi connectivity index (χ0n) is 19.9. The summed E-state index contributed by atoms with van der Waals surface area (Å²) in [7, 11) is 1.96. The molecule has 3 N–H and O–H groups in total. The van der Waals surface area contributed by atoms with Crippen LogP contribution in [0.2, 0.25) is 0 Å². The molecule has 0 aliphatic carbocycles. The second-order valence-electron chi connectivity index (χ2n) is 8.27. The van der Waals surface area contributed by atoms with Gasteiger partial charge >= 0.3 is 0 Å². The summed E-state index contributed by atoms with van der Waals surface area (Å²) < 4.78 is 0. The Balaban J connectivity index is 1.59. The van der Waals surface area contributed by atoms with Crippen LogP contribution in [0.4, 0.5) is 22.7 Å². The highest BCUT2D eigenvalue weighted by atomic mass is 32.2. The number of nitrogen functional groups attached to an aromatic ring is 1. The number of hydrogen-bond donors (Lipinski definition) is 2. The van der Waals surface area contributed by atoms with Crippen LogP contribution in [0.15, 0.2) is 86.6 Å². The van der Waals surface area contributed by atoms with Gasteiger partial charge in [-0.25, -0.2) is 4.99 Å². The number of aliphatic imine (C=N–C) groups is 1. The number of carbonyl (C=O) groups excluding carboxylic acids is 1. The molecule has 36 heavy (non-hydrogen) atoms. The molecule has 5 rings (SSSR count). The van der Waals surface area contributed by atoms with Crippen molar-refractivity contribution in [2.24, 2.45) is 4.99 Å². The van der Waals surface area contributed by atoms with Crippen molar-refractivity contribution >= 4 is 57.3 Å². The first-order valence-corrected chi connectivity index (χ1v) is 13.1. The van der Waals surface area contributed by atoms with Crippen molar-refractivity contribution < 1.29 is 4.79 Å². The van der Waals surface area contributed by atoms with Gasteiger partial charge in [-0.3, -0.25) is 9.69 Å². The first-order chi connectivity index (χ1) is 17.5. The molecule has 0 saturated carbocycles. The topological polar surface area (TPSA) is 97.7 Å². The van der Waals surface area contributed by atoms with Crippen LogP contribution >= 0.6 is 23.5 Å². The standard InChI is InChI=1S/C27H24N6OS2/c1-3-30-20-11-9-18(15-28)13-21(20)31-27-33(16-17-7-5-4-6-8-17)25(34)24(36-27)26-32(2)22-12-10-19(29)14-23(22)35-26/h4-14,30H,3,16,29H2,1-2H3/b26-24-,31-27?. The molecular formula is C27H24N6OS2. The van der Waals surface area contributed by atoms with E-state index in [1.165, 1.54) is 11.8 Å². The van der Waals surface area contributed by atoms with Gasteiger partial charge in [0, 0.05) is 24.2 Å². The minimum atomic E-state index is -0.0980. The Hall–Kier alpha value is -3.87. The van der Waals surface area contributed by atoms with Crippen molar-refractivity contribution in [3.63, 3.8) is 0 Å². The van der Waals surface area contributed by atoms with Crippen molar-refractivity contribution in [2.45, 2.75) is 18.4 Å². The largest absolute Gasteiger partial charge is 0.399 e. The number of nitrogens with two attached hydrogens (primary N) is 1. The summed E-state index contributed by atoms with van der Waals surface area (Å²) in [6.07, 6.45) is 0. The highest BCUT2D eigenvalue weighted by molar-refractivity contribution is 8.19. The Bertz CT molecular complexity index is 1440. The number of nitrogens with one attached hydrogen (secondary N) is 1.